The minimum absolute atomic E-state index is 0.174. The maximum absolute atomic E-state index is 14.2. The van der Waals surface area contributed by atoms with Crippen LogP contribution in [0, 0.1) is 5.82 Å². The van der Waals surface area contributed by atoms with E-state index in [0.717, 1.165) is 25.9 Å². The summed E-state index contributed by atoms with van der Waals surface area (Å²) in [5, 5.41) is 3.29. The Hall–Kier alpha value is -0.810. The molecule has 0 bridgehead atoms. The number of halogens is 2. The molecular formula is C13H17BrFNO2. The van der Waals surface area contributed by atoms with Crippen molar-refractivity contribution in [2.24, 2.45) is 0 Å². The molecule has 1 saturated heterocycles. The normalized spacial score (nSPS) is 19.7. The van der Waals surface area contributed by atoms with Crippen molar-refractivity contribution in [2.45, 2.75) is 18.8 Å². The summed E-state index contributed by atoms with van der Waals surface area (Å²) in [5.74, 6) is 0.898. The van der Waals surface area contributed by atoms with Crippen LogP contribution < -0.4 is 14.8 Å². The third-order valence-electron chi connectivity index (χ3n) is 3.30. The van der Waals surface area contributed by atoms with Crippen molar-refractivity contribution < 1.29 is 13.9 Å². The van der Waals surface area contributed by atoms with Crippen molar-refractivity contribution in [1.82, 2.24) is 5.32 Å². The monoisotopic (exact) mass is 317 g/mol. The minimum Gasteiger partial charge on any atom is -0.493 e. The number of hydrogen-bond acceptors (Lipinski definition) is 3. The SMILES string of the molecule is COc1cc(F)c(C2CCCNC2)c(Br)c1OC. The van der Waals surface area contributed by atoms with Gasteiger partial charge in [0.25, 0.3) is 0 Å². The molecule has 1 heterocycles. The van der Waals surface area contributed by atoms with E-state index in [1.165, 1.54) is 13.2 Å². The molecule has 0 aliphatic carbocycles. The van der Waals surface area contributed by atoms with Crippen molar-refractivity contribution in [2.75, 3.05) is 27.3 Å². The van der Waals surface area contributed by atoms with Crippen molar-refractivity contribution >= 4 is 15.9 Å². The fourth-order valence-corrected chi connectivity index (χ4v) is 3.28. The zero-order chi connectivity index (χ0) is 13.1. The Labute approximate surface area is 115 Å². The van der Waals surface area contributed by atoms with Crippen LogP contribution in [0.15, 0.2) is 10.5 Å². The molecule has 3 nitrogen and oxygen atoms in total. The molecule has 1 aromatic rings. The smallest absolute Gasteiger partial charge is 0.175 e. The molecule has 0 spiro atoms. The van der Waals surface area contributed by atoms with Gasteiger partial charge in [-0.15, -0.1) is 0 Å². The predicted molar refractivity (Wildman–Crippen MR) is 72.0 cm³/mol. The summed E-state index contributed by atoms with van der Waals surface area (Å²) < 4.78 is 25.3. The zero-order valence-corrected chi connectivity index (χ0v) is 12.1. The van der Waals surface area contributed by atoms with Gasteiger partial charge < -0.3 is 14.8 Å². The lowest BCUT2D eigenvalue weighted by Gasteiger charge is -2.25. The third kappa shape index (κ3) is 2.47. The van der Waals surface area contributed by atoms with Gasteiger partial charge in [0, 0.05) is 24.1 Å². The van der Waals surface area contributed by atoms with Crippen LogP contribution in [-0.2, 0) is 0 Å². The van der Waals surface area contributed by atoms with Crippen LogP contribution >= 0.6 is 15.9 Å². The molecule has 0 saturated carbocycles. The second-order valence-corrected chi connectivity index (χ2v) is 5.16. The number of nitrogens with one attached hydrogen (secondary N) is 1. The quantitative estimate of drug-likeness (QED) is 0.929. The van der Waals surface area contributed by atoms with Gasteiger partial charge in [0.05, 0.1) is 18.7 Å². The Balaban J connectivity index is 2.46. The van der Waals surface area contributed by atoms with Crippen LogP contribution in [0.1, 0.15) is 24.3 Å². The first-order valence-corrected chi connectivity index (χ1v) is 6.79. The number of hydrogen-bond donors (Lipinski definition) is 1. The summed E-state index contributed by atoms with van der Waals surface area (Å²) in [7, 11) is 3.06. The molecule has 0 aromatic heterocycles. The Kier molecular flexibility index (Phi) is 4.45. The molecular weight excluding hydrogens is 301 g/mol. The molecule has 0 amide bonds. The van der Waals surface area contributed by atoms with E-state index in [2.05, 4.69) is 21.2 Å². The fourth-order valence-electron chi connectivity index (χ4n) is 2.41. The first-order valence-electron chi connectivity index (χ1n) is 5.99. The molecule has 1 aromatic carbocycles. The van der Waals surface area contributed by atoms with E-state index in [4.69, 9.17) is 9.47 Å². The second-order valence-electron chi connectivity index (χ2n) is 4.36. The first kappa shape index (κ1) is 13.6. The molecule has 1 unspecified atom stereocenters. The van der Waals surface area contributed by atoms with E-state index >= 15 is 0 Å². The minimum atomic E-state index is -0.242. The number of methoxy groups -OCH3 is 2. The summed E-state index contributed by atoms with van der Waals surface area (Å²) in [6.45, 7) is 1.80. The molecule has 100 valence electrons. The standard InChI is InChI=1S/C13H17BrFNO2/c1-17-10-6-9(15)11(12(14)13(10)18-2)8-4-3-5-16-7-8/h6,8,16H,3-5,7H2,1-2H3. The van der Waals surface area contributed by atoms with E-state index in [1.54, 1.807) is 7.11 Å². The van der Waals surface area contributed by atoms with Crippen LogP contribution in [0.3, 0.4) is 0 Å². The van der Waals surface area contributed by atoms with E-state index in [-0.39, 0.29) is 11.7 Å². The molecule has 0 radical (unpaired) electrons. The maximum atomic E-state index is 14.2. The lowest BCUT2D eigenvalue weighted by Crippen LogP contribution is -2.29. The van der Waals surface area contributed by atoms with Gasteiger partial charge in [0.2, 0.25) is 0 Å². The van der Waals surface area contributed by atoms with Crippen LogP contribution in [0.4, 0.5) is 4.39 Å². The topological polar surface area (TPSA) is 30.5 Å². The first-order chi connectivity index (χ1) is 8.69. The van der Waals surface area contributed by atoms with Gasteiger partial charge >= 0.3 is 0 Å². The number of piperidine rings is 1. The Morgan fingerprint density at radius 1 is 1.39 bits per heavy atom. The van der Waals surface area contributed by atoms with Gasteiger partial charge in [0.15, 0.2) is 11.5 Å². The largest absolute Gasteiger partial charge is 0.493 e. The van der Waals surface area contributed by atoms with Gasteiger partial charge in [0.1, 0.15) is 5.82 Å². The van der Waals surface area contributed by atoms with E-state index in [1.807, 2.05) is 0 Å². The second kappa shape index (κ2) is 5.89. The lowest BCUT2D eigenvalue weighted by molar-refractivity contribution is 0.347. The average Bonchev–Trinajstić information content (AvgIpc) is 2.39. The van der Waals surface area contributed by atoms with Crippen molar-refractivity contribution in [3.63, 3.8) is 0 Å². The summed E-state index contributed by atoms with van der Waals surface area (Å²) in [5.41, 5.74) is 0.680. The summed E-state index contributed by atoms with van der Waals surface area (Å²) in [4.78, 5) is 0. The molecule has 1 atom stereocenters. The molecule has 2 rings (SSSR count). The van der Waals surface area contributed by atoms with Crippen molar-refractivity contribution in [3.8, 4) is 11.5 Å². The van der Waals surface area contributed by atoms with E-state index in [0.29, 0.717) is 21.5 Å². The molecule has 1 N–H and O–H groups in total. The highest BCUT2D eigenvalue weighted by Crippen LogP contribution is 2.43. The zero-order valence-electron chi connectivity index (χ0n) is 10.6. The van der Waals surface area contributed by atoms with Gasteiger partial charge in [-0.1, -0.05) is 0 Å². The number of benzene rings is 1. The molecule has 18 heavy (non-hydrogen) atoms. The maximum Gasteiger partial charge on any atom is 0.175 e. The van der Waals surface area contributed by atoms with Gasteiger partial charge in [-0.25, -0.2) is 4.39 Å². The summed E-state index contributed by atoms with van der Waals surface area (Å²) in [6, 6.07) is 1.40. The average molecular weight is 318 g/mol. The highest BCUT2D eigenvalue weighted by atomic mass is 79.9. The Bertz CT molecular complexity index is 433. The lowest BCUT2D eigenvalue weighted by atomic mass is 9.91. The fraction of sp³-hybridized carbons (Fsp3) is 0.538. The summed E-state index contributed by atoms with van der Waals surface area (Å²) in [6.07, 6.45) is 2.04. The molecule has 1 aliphatic rings. The number of rotatable bonds is 3. The highest BCUT2D eigenvalue weighted by Gasteiger charge is 2.25. The van der Waals surface area contributed by atoms with Crippen molar-refractivity contribution in [3.05, 3.63) is 21.9 Å². The van der Waals surface area contributed by atoms with Crippen LogP contribution in [0.25, 0.3) is 0 Å². The predicted octanol–water partition coefficient (Wildman–Crippen LogP) is 3.07. The van der Waals surface area contributed by atoms with Gasteiger partial charge in [-0.3, -0.25) is 0 Å². The van der Waals surface area contributed by atoms with E-state index in [9.17, 15) is 4.39 Å². The van der Waals surface area contributed by atoms with Crippen LogP contribution in [0.5, 0.6) is 11.5 Å². The number of ether oxygens (including phenoxy) is 2. The van der Waals surface area contributed by atoms with Crippen LogP contribution in [-0.4, -0.2) is 27.3 Å². The molecule has 5 heteroatoms. The third-order valence-corrected chi connectivity index (χ3v) is 4.09. The Morgan fingerprint density at radius 2 is 2.17 bits per heavy atom. The molecule has 1 aliphatic heterocycles. The highest BCUT2D eigenvalue weighted by molar-refractivity contribution is 9.10. The van der Waals surface area contributed by atoms with E-state index < -0.39 is 0 Å². The van der Waals surface area contributed by atoms with Gasteiger partial charge in [-0.05, 0) is 35.3 Å². The molecule has 1 fully saturated rings. The van der Waals surface area contributed by atoms with Crippen LogP contribution in [0.2, 0.25) is 0 Å². The Morgan fingerprint density at radius 3 is 2.72 bits per heavy atom. The van der Waals surface area contributed by atoms with Crippen molar-refractivity contribution in [1.29, 1.82) is 0 Å². The van der Waals surface area contributed by atoms with Gasteiger partial charge in [-0.2, -0.15) is 0 Å². The summed E-state index contributed by atoms with van der Waals surface area (Å²) >= 11 is 3.45.